The molecule has 0 saturated heterocycles. The van der Waals surface area contributed by atoms with Crippen LogP contribution in [0.5, 0.6) is 11.5 Å². The van der Waals surface area contributed by atoms with Crippen LogP contribution in [0.1, 0.15) is 30.1 Å². The summed E-state index contributed by atoms with van der Waals surface area (Å²) in [6.45, 7) is 2.57. The molecule has 0 bridgehead atoms. The predicted molar refractivity (Wildman–Crippen MR) is 100.0 cm³/mol. The van der Waals surface area contributed by atoms with Crippen LogP contribution in [0.3, 0.4) is 0 Å². The monoisotopic (exact) mass is 335 g/mol. The van der Waals surface area contributed by atoms with Crippen LogP contribution in [-0.4, -0.2) is 22.7 Å². The molecule has 1 amide bonds. The lowest BCUT2D eigenvalue weighted by atomic mass is 9.92. The van der Waals surface area contributed by atoms with Gasteiger partial charge in [0.15, 0.2) is 0 Å². The first-order valence-electron chi connectivity index (χ1n) is 8.45. The summed E-state index contributed by atoms with van der Waals surface area (Å²) in [7, 11) is 0. The van der Waals surface area contributed by atoms with Crippen LogP contribution in [-0.2, 0) is 0 Å². The minimum atomic E-state index is -0.383. The molecule has 0 aliphatic rings. The highest BCUT2D eigenvalue weighted by Crippen LogP contribution is 2.44. The average Bonchev–Trinajstić information content (AvgIpc) is 2.65. The Labute approximate surface area is 146 Å². The molecule has 25 heavy (non-hydrogen) atoms. The summed E-state index contributed by atoms with van der Waals surface area (Å²) in [5.41, 5.74) is 1.14. The van der Waals surface area contributed by atoms with Crippen molar-refractivity contribution in [1.82, 2.24) is 5.32 Å². The fraction of sp³-hybridized carbons (Fsp3) is 0.190. The van der Waals surface area contributed by atoms with Crippen molar-refractivity contribution in [3.05, 3.63) is 60.2 Å². The van der Waals surface area contributed by atoms with E-state index in [1.807, 2.05) is 37.3 Å². The molecule has 3 rings (SSSR count). The molecule has 4 heteroatoms. The van der Waals surface area contributed by atoms with Gasteiger partial charge in [-0.25, -0.2) is 0 Å². The average molecular weight is 335 g/mol. The number of benzene rings is 3. The lowest BCUT2D eigenvalue weighted by Crippen LogP contribution is -2.25. The Balaban J connectivity index is 2.25. The summed E-state index contributed by atoms with van der Waals surface area (Å²) in [6.07, 6.45) is 1.81. The van der Waals surface area contributed by atoms with Gasteiger partial charge in [-0.05, 0) is 12.0 Å². The Bertz CT molecular complexity index is 904. The van der Waals surface area contributed by atoms with Gasteiger partial charge in [0, 0.05) is 22.9 Å². The molecule has 0 heterocycles. The molecule has 0 radical (unpaired) electrons. The van der Waals surface area contributed by atoms with Gasteiger partial charge < -0.3 is 15.5 Å². The Morgan fingerprint density at radius 3 is 2.16 bits per heavy atom. The highest BCUT2D eigenvalue weighted by Gasteiger charge is 2.24. The Kier molecular flexibility index (Phi) is 4.89. The summed E-state index contributed by atoms with van der Waals surface area (Å²) < 4.78 is 0. The molecule has 0 aliphatic carbocycles. The van der Waals surface area contributed by atoms with E-state index >= 15 is 0 Å². The zero-order chi connectivity index (χ0) is 17.8. The lowest BCUT2D eigenvalue weighted by Gasteiger charge is -2.17. The Hall–Kier alpha value is -3.01. The van der Waals surface area contributed by atoms with E-state index in [1.54, 1.807) is 24.3 Å². The van der Waals surface area contributed by atoms with E-state index in [0.29, 0.717) is 28.4 Å². The number of phenolic OH excluding ortho intramolecular Hbond substituents is 2. The number of phenols is 2. The van der Waals surface area contributed by atoms with E-state index in [0.717, 1.165) is 12.8 Å². The molecule has 0 aromatic heterocycles. The Morgan fingerprint density at radius 1 is 0.920 bits per heavy atom. The van der Waals surface area contributed by atoms with Crippen LogP contribution >= 0.6 is 0 Å². The first-order chi connectivity index (χ1) is 12.1. The molecular formula is C21H21NO3. The van der Waals surface area contributed by atoms with E-state index in [1.165, 1.54) is 0 Å². The van der Waals surface area contributed by atoms with Gasteiger partial charge in [0.25, 0.3) is 5.91 Å². The third-order valence-electron chi connectivity index (χ3n) is 4.27. The summed E-state index contributed by atoms with van der Waals surface area (Å²) in [5, 5.41) is 25.4. The van der Waals surface area contributed by atoms with Crippen molar-refractivity contribution in [3.8, 4) is 22.6 Å². The van der Waals surface area contributed by atoms with Crippen LogP contribution in [0.15, 0.2) is 54.6 Å². The van der Waals surface area contributed by atoms with Gasteiger partial charge in [-0.1, -0.05) is 67.9 Å². The number of hydrogen-bond donors (Lipinski definition) is 3. The number of hydrogen-bond acceptors (Lipinski definition) is 3. The first kappa shape index (κ1) is 16.8. The van der Waals surface area contributed by atoms with Gasteiger partial charge in [0.1, 0.15) is 11.5 Å². The summed E-state index contributed by atoms with van der Waals surface area (Å²) >= 11 is 0. The topological polar surface area (TPSA) is 69.6 Å². The summed E-state index contributed by atoms with van der Waals surface area (Å²) in [4.78, 5) is 12.7. The molecule has 3 aromatic rings. The van der Waals surface area contributed by atoms with E-state index in [2.05, 4.69) is 5.32 Å². The molecule has 0 spiro atoms. The third-order valence-corrected chi connectivity index (χ3v) is 4.27. The fourth-order valence-corrected chi connectivity index (χ4v) is 2.98. The van der Waals surface area contributed by atoms with Gasteiger partial charge >= 0.3 is 0 Å². The van der Waals surface area contributed by atoms with Crippen molar-refractivity contribution < 1.29 is 15.0 Å². The minimum Gasteiger partial charge on any atom is -0.507 e. The second-order valence-corrected chi connectivity index (χ2v) is 5.97. The number of nitrogens with one attached hydrogen (secondary N) is 1. The highest BCUT2D eigenvalue weighted by atomic mass is 16.3. The molecule has 0 aliphatic heterocycles. The quantitative estimate of drug-likeness (QED) is 0.477. The summed E-state index contributed by atoms with van der Waals surface area (Å²) in [5.74, 6) is -0.493. The van der Waals surface area contributed by atoms with Gasteiger partial charge in [-0.3, -0.25) is 4.79 Å². The van der Waals surface area contributed by atoms with Crippen molar-refractivity contribution in [2.24, 2.45) is 0 Å². The van der Waals surface area contributed by atoms with E-state index in [4.69, 9.17) is 0 Å². The predicted octanol–water partition coefficient (Wildman–Crippen LogP) is 4.45. The second-order valence-electron chi connectivity index (χ2n) is 5.97. The van der Waals surface area contributed by atoms with E-state index < -0.39 is 0 Å². The number of carbonyl (C=O) groups excluding carboxylic acids is 1. The Morgan fingerprint density at radius 2 is 1.52 bits per heavy atom. The van der Waals surface area contributed by atoms with Crippen LogP contribution in [0.2, 0.25) is 0 Å². The second kappa shape index (κ2) is 7.26. The van der Waals surface area contributed by atoms with Gasteiger partial charge in [0.05, 0.1) is 5.56 Å². The van der Waals surface area contributed by atoms with Gasteiger partial charge in [0.2, 0.25) is 0 Å². The van der Waals surface area contributed by atoms with Crippen molar-refractivity contribution >= 4 is 16.7 Å². The maximum atomic E-state index is 12.7. The van der Waals surface area contributed by atoms with Crippen molar-refractivity contribution in [2.75, 3.05) is 6.54 Å². The molecule has 0 saturated carbocycles. The molecule has 128 valence electrons. The van der Waals surface area contributed by atoms with E-state index in [9.17, 15) is 15.0 Å². The number of rotatable bonds is 5. The summed E-state index contributed by atoms with van der Waals surface area (Å²) in [6, 6.07) is 16.1. The molecule has 0 atom stereocenters. The van der Waals surface area contributed by atoms with Crippen molar-refractivity contribution in [3.63, 3.8) is 0 Å². The molecule has 3 aromatic carbocycles. The molecule has 0 unspecified atom stereocenters. The zero-order valence-corrected chi connectivity index (χ0v) is 14.1. The minimum absolute atomic E-state index is 0.000224. The maximum absolute atomic E-state index is 12.7. The first-order valence-corrected chi connectivity index (χ1v) is 8.45. The maximum Gasteiger partial charge on any atom is 0.255 e. The van der Waals surface area contributed by atoms with Crippen molar-refractivity contribution in [2.45, 2.75) is 19.8 Å². The van der Waals surface area contributed by atoms with Crippen molar-refractivity contribution in [1.29, 1.82) is 0 Å². The highest BCUT2D eigenvalue weighted by molar-refractivity contribution is 6.13. The molecule has 0 fully saturated rings. The number of unbranched alkanes of at least 4 members (excludes halogenated alkanes) is 1. The van der Waals surface area contributed by atoms with Crippen LogP contribution in [0.4, 0.5) is 0 Å². The van der Waals surface area contributed by atoms with Gasteiger partial charge in [-0.15, -0.1) is 0 Å². The van der Waals surface area contributed by atoms with Crippen LogP contribution in [0, 0.1) is 0 Å². The smallest absolute Gasteiger partial charge is 0.255 e. The van der Waals surface area contributed by atoms with Crippen LogP contribution < -0.4 is 5.32 Å². The SMILES string of the molecule is CCCCNC(=O)c1c(-c2ccccc2)c(O)c2ccccc2c1O. The third kappa shape index (κ3) is 3.15. The fourth-order valence-electron chi connectivity index (χ4n) is 2.98. The molecule has 3 N–H and O–H groups in total. The normalized spacial score (nSPS) is 10.8. The number of fused-ring (bicyclic) bond motifs is 1. The van der Waals surface area contributed by atoms with Crippen LogP contribution in [0.25, 0.3) is 21.9 Å². The van der Waals surface area contributed by atoms with Gasteiger partial charge in [-0.2, -0.15) is 0 Å². The molecule has 4 nitrogen and oxygen atoms in total. The standard InChI is InChI=1S/C21H21NO3/c1-2-3-13-22-21(25)18-17(14-9-5-4-6-10-14)19(23)15-11-7-8-12-16(15)20(18)24/h4-12,23-24H,2-3,13H2,1H3,(H,22,25). The number of amides is 1. The number of carbonyl (C=O) groups is 1. The van der Waals surface area contributed by atoms with E-state index in [-0.39, 0.29) is 23.0 Å². The largest absolute Gasteiger partial charge is 0.507 e. The molecular weight excluding hydrogens is 314 g/mol. The lowest BCUT2D eigenvalue weighted by molar-refractivity contribution is 0.0951. The number of aromatic hydroxyl groups is 2. The zero-order valence-electron chi connectivity index (χ0n) is 14.1.